The minimum absolute atomic E-state index is 0.0952. The molecule has 0 radical (unpaired) electrons. The number of rotatable bonds is 4. The molecule has 0 saturated carbocycles. The van der Waals surface area contributed by atoms with Crippen LogP contribution in [-0.4, -0.2) is 32.2 Å². The van der Waals surface area contributed by atoms with Gasteiger partial charge in [-0.05, 0) is 18.6 Å². The zero-order valence-corrected chi connectivity index (χ0v) is 11.0. The highest BCUT2D eigenvalue weighted by atomic mass is 16.5. The van der Waals surface area contributed by atoms with Gasteiger partial charge in [0.15, 0.2) is 5.78 Å². The molecule has 18 heavy (non-hydrogen) atoms. The van der Waals surface area contributed by atoms with Crippen molar-refractivity contribution in [3.05, 3.63) is 23.8 Å². The van der Waals surface area contributed by atoms with Crippen molar-refractivity contribution in [1.29, 1.82) is 0 Å². The highest BCUT2D eigenvalue weighted by molar-refractivity contribution is 6.00. The van der Waals surface area contributed by atoms with Crippen LogP contribution in [0.1, 0.15) is 30.1 Å². The van der Waals surface area contributed by atoms with Crippen LogP contribution >= 0.6 is 0 Å². The molecule has 1 aromatic carbocycles. The van der Waals surface area contributed by atoms with Gasteiger partial charge in [0.2, 0.25) is 0 Å². The molecule has 0 N–H and O–H groups in total. The molecule has 0 saturated heterocycles. The van der Waals surface area contributed by atoms with Gasteiger partial charge in [-0.3, -0.25) is 4.79 Å². The van der Waals surface area contributed by atoms with Gasteiger partial charge in [0.05, 0.1) is 25.7 Å². The SMILES string of the molecule is CCC1(COC)CC(=O)c2ccc(OC)cc2O1. The average Bonchev–Trinajstić information content (AvgIpc) is 2.38. The maximum atomic E-state index is 12.2. The predicted molar refractivity (Wildman–Crippen MR) is 67.5 cm³/mol. The summed E-state index contributed by atoms with van der Waals surface area (Å²) in [5.41, 5.74) is 0.0709. The molecule has 2 rings (SSSR count). The van der Waals surface area contributed by atoms with E-state index in [-0.39, 0.29) is 5.78 Å². The minimum Gasteiger partial charge on any atom is -0.497 e. The van der Waals surface area contributed by atoms with Gasteiger partial charge in [-0.2, -0.15) is 0 Å². The minimum atomic E-state index is -0.550. The van der Waals surface area contributed by atoms with Crippen molar-refractivity contribution in [3.8, 4) is 11.5 Å². The third kappa shape index (κ3) is 2.20. The quantitative estimate of drug-likeness (QED) is 0.823. The van der Waals surface area contributed by atoms with Crippen LogP contribution in [0.25, 0.3) is 0 Å². The summed E-state index contributed by atoms with van der Waals surface area (Å²) in [6, 6.07) is 5.28. The Kier molecular flexibility index (Phi) is 3.57. The second kappa shape index (κ2) is 4.98. The van der Waals surface area contributed by atoms with Crippen LogP contribution in [-0.2, 0) is 4.74 Å². The number of hydrogen-bond acceptors (Lipinski definition) is 4. The number of ketones is 1. The van der Waals surface area contributed by atoms with Gasteiger partial charge < -0.3 is 14.2 Å². The fourth-order valence-electron chi connectivity index (χ4n) is 2.24. The van der Waals surface area contributed by atoms with Crippen LogP contribution in [0.3, 0.4) is 0 Å². The highest BCUT2D eigenvalue weighted by Crippen LogP contribution is 2.37. The molecule has 0 aromatic heterocycles. The van der Waals surface area contributed by atoms with Gasteiger partial charge in [0, 0.05) is 13.2 Å². The van der Waals surface area contributed by atoms with E-state index < -0.39 is 5.60 Å². The van der Waals surface area contributed by atoms with Gasteiger partial charge in [0.25, 0.3) is 0 Å². The van der Waals surface area contributed by atoms with E-state index in [0.29, 0.717) is 30.1 Å². The van der Waals surface area contributed by atoms with E-state index in [4.69, 9.17) is 14.2 Å². The second-order valence-corrected chi connectivity index (χ2v) is 4.53. The van der Waals surface area contributed by atoms with Crippen LogP contribution in [0, 0.1) is 0 Å². The summed E-state index contributed by atoms with van der Waals surface area (Å²) < 4.78 is 16.3. The number of ether oxygens (including phenoxy) is 3. The van der Waals surface area contributed by atoms with Gasteiger partial charge in [-0.1, -0.05) is 6.92 Å². The van der Waals surface area contributed by atoms with Crippen LogP contribution < -0.4 is 9.47 Å². The number of methoxy groups -OCH3 is 2. The van der Waals surface area contributed by atoms with Crippen molar-refractivity contribution < 1.29 is 19.0 Å². The molecule has 1 unspecified atom stereocenters. The van der Waals surface area contributed by atoms with E-state index in [1.165, 1.54) is 0 Å². The predicted octanol–water partition coefficient (Wildman–Crippen LogP) is 2.46. The van der Waals surface area contributed by atoms with Crippen LogP contribution in [0.5, 0.6) is 11.5 Å². The molecular weight excluding hydrogens is 232 g/mol. The monoisotopic (exact) mass is 250 g/mol. The largest absolute Gasteiger partial charge is 0.497 e. The van der Waals surface area contributed by atoms with E-state index in [0.717, 1.165) is 6.42 Å². The first kappa shape index (κ1) is 12.9. The second-order valence-electron chi connectivity index (χ2n) is 4.53. The third-order valence-corrected chi connectivity index (χ3v) is 3.35. The Balaban J connectivity index is 2.39. The maximum absolute atomic E-state index is 12.2. The fraction of sp³-hybridized carbons (Fsp3) is 0.500. The van der Waals surface area contributed by atoms with Crippen molar-refractivity contribution in [3.63, 3.8) is 0 Å². The lowest BCUT2D eigenvalue weighted by Crippen LogP contribution is -2.45. The Bertz CT molecular complexity index is 455. The molecule has 0 fully saturated rings. The van der Waals surface area contributed by atoms with Crippen LogP contribution in [0.4, 0.5) is 0 Å². The summed E-state index contributed by atoms with van der Waals surface area (Å²) in [6.45, 7) is 2.41. The lowest BCUT2D eigenvalue weighted by atomic mass is 9.88. The number of hydrogen-bond donors (Lipinski definition) is 0. The Labute approximate surface area is 107 Å². The molecule has 1 aliphatic heterocycles. The lowest BCUT2D eigenvalue weighted by molar-refractivity contribution is -0.0212. The van der Waals surface area contributed by atoms with Crippen LogP contribution in [0.2, 0.25) is 0 Å². The summed E-state index contributed by atoms with van der Waals surface area (Å²) in [4.78, 5) is 12.2. The Morgan fingerprint density at radius 1 is 1.39 bits per heavy atom. The normalized spacial score (nSPS) is 22.3. The molecule has 1 aliphatic rings. The van der Waals surface area contributed by atoms with Crippen molar-refractivity contribution in [1.82, 2.24) is 0 Å². The van der Waals surface area contributed by atoms with Crippen molar-refractivity contribution in [2.75, 3.05) is 20.8 Å². The summed E-state index contributed by atoms with van der Waals surface area (Å²) >= 11 is 0. The zero-order chi connectivity index (χ0) is 13.2. The molecule has 0 spiro atoms. The molecule has 1 aromatic rings. The van der Waals surface area contributed by atoms with Crippen molar-refractivity contribution in [2.45, 2.75) is 25.4 Å². The number of benzene rings is 1. The molecule has 1 heterocycles. The summed E-state index contributed by atoms with van der Waals surface area (Å²) in [7, 11) is 3.21. The molecule has 4 heteroatoms. The molecule has 0 aliphatic carbocycles. The molecule has 4 nitrogen and oxygen atoms in total. The maximum Gasteiger partial charge on any atom is 0.170 e. The molecule has 98 valence electrons. The lowest BCUT2D eigenvalue weighted by Gasteiger charge is -2.36. The summed E-state index contributed by atoms with van der Waals surface area (Å²) in [6.07, 6.45) is 1.08. The highest BCUT2D eigenvalue weighted by Gasteiger charge is 2.39. The number of carbonyl (C=O) groups is 1. The van der Waals surface area contributed by atoms with Gasteiger partial charge in [-0.15, -0.1) is 0 Å². The Morgan fingerprint density at radius 3 is 2.78 bits per heavy atom. The van der Waals surface area contributed by atoms with E-state index in [2.05, 4.69) is 0 Å². The third-order valence-electron chi connectivity index (χ3n) is 3.35. The van der Waals surface area contributed by atoms with E-state index in [1.54, 1.807) is 32.4 Å². The summed E-state index contributed by atoms with van der Waals surface area (Å²) in [5, 5.41) is 0. The number of Topliss-reactive ketones (excluding diaryl/α,β-unsaturated/α-hetero) is 1. The van der Waals surface area contributed by atoms with Gasteiger partial charge in [-0.25, -0.2) is 0 Å². The van der Waals surface area contributed by atoms with E-state index in [1.807, 2.05) is 6.92 Å². The molecule has 0 amide bonds. The number of fused-ring (bicyclic) bond motifs is 1. The van der Waals surface area contributed by atoms with Gasteiger partial charge in [0.1, 0.15) is 17.1 Å². The first-order chi connectivity index (χ1) is 8.64. The Hall–Kier alpha value is -1.55. The van der Waals surface area contributed by atoms with Crippen molar-refractivity contribution in [2.24, 2.45) is 0 Å². The van der Waals surface area contributed by atoms with Crippen LogP contribution in [0.15, 0.2) is 18.2 Å². The first-order valence-electron chi connectivity index (χ1n) is 6.03. The van der Waals surface area contributed by atoms with Gasteiger partial charge >= 0.3 is 0 Å². The number of carbonyl (C=O) groups excluding carboxylic acids is 1. The zero-order valence-electron chi connectivity index (χ0n) is 11.0. The Morgan fingerprint density at radius 2 is 2.17 bits per heavy atom. The van der Waals surface area contributed by atoms with Crippen molar-refractivity contribution >= 4 is 5.78 Å². The smallest absolute Gasteiger partial charge is 0.170 e. The topological polar surface area (TPSA) is 44.8 Å². The molecule has 0 bridgehead atoms. The average molecular weight is 250 g/mol. The molecule has 1 atom stereocenters. The van der Waals surface area contributed by atoms with E-state index in [9.17, 15) is 4.79 Å². The first-order valence-corrected chi connectivity index (χ1v) is 6.03. The molecular formula is C14H18O4. The summed E-state index contributed by atoms with van der Waals surface area (Å²) in [5.74, 6) is 1.37. The standard InChI is InChI=1S/C14H18O4/c1-4-14(9-16-2)8-12(15)11-6-5-10(17-3)7-13(11)18-14/h5-7H,4,8-9H2,1-3H3. The fourth-order valence-corrected chi connectivity index (χ4v) is 2.24. The van der Waals surface area contributed by atoms with E-state index >= 15 is 0 Å².